The fourth-order valence-electron chi connectivity index (χ4n) is 2.80. The summed E-state index contributed by atoms with van der Waals surface area (Å²) in [7, 11) is 4.14. The van der Waals surface area contributed by atoms with Crippen LogP contribution in [-0.4, -0.2) is 48.6 Å². The van der Waals surface area contributed by atoms with E-state index in [1.807, 2.05) is 24.9 Å². The zero-order valence-electron chi connectivity index (χ0n) is 15.6. The largest absolute Gasteiger partial charge is 0.480 e. The first-order valence-corrected chi connectivity index (χ1v) is 9.68. The number of nitrogens with one attached hydrogen (secondary N) is 1. The Bertz CT molecular complexity index is 551. The molecule has 4 nitrogen and oxygen atoms in total. The van der Waals surface area contributed by atoms with Gasteiger partial charge in [-0.05, 0) is 59.4 Å². The van der Waals surface area contributed by atoms with Crippen LogP contribution in [-0.2, 0) is 4.74 Å². The minimum Gasteiger partial charge on any atom is -0.480 e. The number of nitrogens with zero attached hydrogens (tertiary/aromatic N) is 2. The quantitative estimate of drug-likeness (QED) is 0.674. The van der Waals surface area contributed by atoms with Gasteiger partial charge in [0.1, 0.15) is 11.9 Å². The molecule has 1 N–H and O–H groups in total. The molecule has 0 aliphatic carbocycles. The average Bonchev–Trinajstić information content (AvgIpc) is 2.87. The van der Waals surface area contributed by atoms with Crippen LogP contribution in [0.1, 0.15) is 40.0 Å². The SMILES string of the molecule is CC=CCC1=C(C)NC(CCSC2(C)CC=C(CN(C)C)O2)N=C1. The Labute approximate surface area is 151 Å². The van der Waals surface area contributed by atoms with Gasteiger partial charge < -0.3 is 15.0 Å². The molecule has 2 aliphatic heterocycles. The number of ether oxygens (including phenoxy) is 1. The van der Waals surface area contributed by atoms with Crippen molar-refractivity contribution >= 4 is 18.0 Å². The van der Waals surface area contributed by atoms with Crippen LogP contribution >= 0.6 is 11.8 Å². The van der Waals surface area contributed by atoms with Crippen LogP contribution in [0.4, 0.5) is 0 Å². The fourth-order valence-corrected chi connectivity index (χ4v) is 3.94. The van der Waals surface area contributed by atoms with Gasteiger partial charge in [0.05, 0.1) is 6.54 Å². The fraction of sp³-hybridized carbons (Fsp3) is 0.632. The maximum absolute atomic E-state index is 6.14. The highest BCUT2D eigenvalue weighted by atomic mass is 32.2. The van der Waals surface area contributed by atoms with Crippen LogP contribution in [0.15, 0.2) is 40.2 Å². The summed E-state index contributed by atoms with van der Waals surface area (Å²) in [5, 5.41) is 3.52. The van der Waals surface area contributed by atoms with Gasteiger partial charge in [0.15, 0.2) is 4.93 Å². The zero-order valence-corrected chi connectivity index (χ0v) is 16.4. The molecule has 2 rings (SSSR count). The summed E-state index contributed by atoms with van der Waals surface area (Å²) < 4.78 is 6.14. The maximum atomic E-state index is 6.14. The molecule has 0 spiro atoms. The third-order valence-corrected chi connectivity index (χ3v) is 5.47. The molecule has 0 saturated carbocycles. The first-order valence-electron chi connectivity index (χ1n) is 8.69. The molecule has 2 atom stereocenters. The monoisotopic (exact) mass is 349 g/mol. The lowest BCUT2D eigenvalue weighted by Gasteiger charge is -2.27. The minimum atomic E-state index is -0.119. The summed E-state index contributed by atoms with van der Waals surface area (Å²) >= 11 is 1.89. The summed E-state index contributed by atoms with van der Waals surface area (Å²) in [4.78, 5) is 6.68. The molecular weight excluding hydrogens is 318 g/mol. The number of aliphatic imine (C=N–C) groups is 1. The van der Waals surface area contributed by atoms with Crippen molar-refractivity contribution in [3.05, 3.63) is 35.3 Å². The summed E-state index contributed by atoms with van der Waals surface area (Å²) in [6, 6.07) is 0. The lowest BCUT2D eigenvalue weighted by atomic mass is 10.1. The molecule has 2 unspecified atom stereocenters. The van der Waals surface area contributed by atoms with Crippen molar-refractivity contribution in [1.82, 2.24) is 10.2 Å². The van der Waals surface area contributed by atoms with Crippen molar-refractivity contribution in [3.8, 4) is 0 Å². The second kappa shape index (κ2) is 8.77. The van der Waals surface area contributed by atoms with Crippen LogP contribution in [0.2, 0.25) is 0 Å². The van der Waals surface area contributed by atoms with Crippen molar-refractivity contribution in [2.45, 2.75) is 51.1 Å². The van der Waals surface area contributed by atoms with E-state index in [9.17, 15) is 0 Å². The molecule has 2 heterocycles. The number of thioether (sulfide) groups is 1. The highest BCUT2D eigenvalue weighted by Gasteiger charge is 2.32. The van der Waals surface area contributed by atoms with Crippen LogP contribution in [0, 0.1) is 0 Å². The van der Waals surface area contributed by atoms with Gasteiger partial charge >= 0.3 is 0 Å². The van der Waals surface area contributed by atoms with E-state index in [0.717, 1.165) is 37.3 Å². The van der Waals surface area contributed by atoms with E-state index < -0.39 is 0 Å². The van der Waals surface area contributed by atoms with Gasteiger partial charge in [-0.2, -0.15) is 0 Å². The van der Waals surface area contributed by atoms with Gasteiger partial charge in [0.2, 0.25) is 0 Å². The van der Waals surface area contributed by atoms with Gasteiger partial charge in [0.25, 0.3) is 0 Å². The van der Waals surface area contributed by atoms with E-state index in [-0.39, 0.29) is 11.1 Å². The Morgan fingerprint density at radius 1 is 1.50 bits per heavy atom. The van der Waals surface area contributed by atoms with Crippen molar-refractivity contribution in [2.75, 3.05) is 26.4 Å². The molecule has 2 aliphatic rings. The van der Waals surface area contributed by atoms with Crippen molar-refractivity contribution in [2.24, 2.45) is 4.99 Å². The van der Waals surface area contributed by atoms with Gasteiger partial charge in [-0.25, -0.2) is 0 Å². The summed E-state index contributed by atoms with van der Waals surface area (Å²) in [5.74, 6) is 2.13. The van der Waals surface area contributed by atoms with Gasteiger partial charge in [-0.3, -0.25) is 4.99 Å². The molecule has 0 aromatic carbocycles. The number of hydrogen-bond acceptors (Lipinski definition) is 5. The molecule has 0 fully saturated rings. The summed E-state index contributed by atoms with van der Waals surface area (Å²) in [5.41, 5.74) is 2.52. The average molecular weight is 350 g/mol. The molecule has 0 aromatic heterocycles. The minimum absolute atomic E-state index is 0.119. The van der Waals surface area contributed by atoms with Crippen LogP contribution in [0.25, 0.3) is 0 Å². The van der Waals surface area contributed by atoms with Crippen molar-refractivity contribution < 1.29 is 4.74 Å². The zero-order chi connectivity index (χ0) is 17.6. The van der Waals surface area contributed by atoms with E-state index in [4.69, 9.17) is 4.74 Å². The standard InChI is InChI=1S/C19H31N3OS/c1-6-7-8-16-13-20-18(21-15(16)2)10-12-24-19(3)11-9-17(23-19)14-22(4)5/h6-7,9,13,18,21H,8,10-12,14H2,1-5H3. The van der Waals surface area contributed by atoms with Crippen LogP contribution in [0.5, 0.6) is 0 Å². The maximum Gasteiger partial charge on any atom is 0.154 e. The van der Waals surface area contributed by atoms with Crippen molar-refractivity contribution in [1.29, 1.82) is 0 Å². The van der Waals surface area contributed by atoms with Crippen LogP contribution < -0.4 is 5.32 Å². The van der Waals surface area contributed by atoms with Gasteiger partial charge in [-0.15, -0.1) is 11.8 Å². The van der Waals surface area contributed by atoms with Crippen LogP contribution in [0.3, 0.4) is 0 Å². The normalized spacial score (nSPS) is 26.9. The summed E-state index contributed by atoms with van der Waals surface area (Å²) in [6.07, 6.45) is 11.6. The Morgan fingerprint density at radius 3 is 2.96 bits per heavy atom. The predicted molar refractivity (Wildman–Crippen MR) is 105 cm³/mol. The Hall–Kier alpha value is -1.20. The highest BCUT2D eigenvalue weighted by molar-refractivity contribution is 8.00. The van der Waals surface area contributed by atoms with E-state index in [0.29, 0.717) is 0 Å². The Morgan fingerprint density at radius 2 is 2.29 bits per heavy atom. The van der Waals surface area contributed by atoms with E-state index in [1.165, 1.54) is 11.3 Å². The third-order valence-electron chi connectivity index (χ3n) is 4.17. The number of hydrogen-bond donors (Lipinski definition) is 1. The molecular formula is C19H31N3OS. The molecule has 0 amide bonds. The van der Waals surface area contributed by atoms with E-state index in [2.05, 4.69) is 61.4 Å². The lowest BCUT2D eigenvalue weighted by molar-refractivity contribution is 0.115. The van der Waals surface area contributed by atoms with Gasteiger partial charge in [0, 0.05) is 24.1 Å². The number of allylic oxidation sites excluding steroid dienone is 4. The van der Waals surface area contributed by atoms with E-state index >= 15 is 0 Å². The molecule has 0 radical (unpaired) electrons. The third kappa shape index (κ3) is 5.71. The second-order valence-corrected chi connectivity index (χ2v) is 8.41. The summed E-state index contributed by atoms with van der Waals surface area (Å²) in [6.45, 7) is 7.26. The molecule has 24 heavy (non-hydrogen) atoms. The van der Waals surface area contributed by atoms with Gasteiger partial charge in [-0.1, -0.05) is 12.2 Å². The molecule has 0 saturated heterocycles. The molecule has 0 aromatic rings. The highest BCUT2D eigenvalue weighted by Crippen LogP contribution is 2.38. The number of rotatable bonds is 8. The predicted octanol–water partition coefficient (Wildman–Crippen LogP) is 3.93. The Kier molecular flexibility index (Phi) is 6.99. The lowest BCUT2D eigenvalue weighted by Crippen LogP contribution is -2.31. The first-order chi connectivity index (χ1) is 11.4. The Balaban J connectivity index is 1.72. The second-order valence-electron chi connectivity index (χ2n) is 6.85. The van der Waals surface area contributed by atoms with E-state index in [1.54, 1.807) is 0 Å². The smallest absolute Gasteiger partial charge is 0.154 e. The number of likely N-dealkylation sites (N-methyl/N-ethyl adjacent to an activating group) is 1. The molecule has 0 bridgehead atoms. The molecule has 134 valence electrons. The topological polar surface area (TPSA) is 36.9 Å². The first kappa shape index (κ1) is 19.1. The van der Waals surface area contributed by atoms with Crippen molar-refractivity contribution in [3.63, 3.8) is 0 Å². The molecule has 5 heteroatoms.